The number of nitrogens with two attached hydrogens (primary N) is 1. The van der Waals surface area contributed by atoms with Crippen molar-refractivity contribution >= 4 is 5.69 Å². The van der Waals surface area contributed by atoms with Crippen LogP contribution in [0.4, 0.5) is 5.69 Å². The fourth-order valence-electron chi connectivity index (χ4n) is 1.54. The third-order valence-corrected chi connectivity index (χ3v) is 2.31. The molecular formula is C12H13N3O3. The third-order valence-electron chi connectivity index (χ3n) is 2.31. The van der Waals surface area contributed by atoms with E-state index in [1.54, 1.807) is 24.3 Å². The van der Waals surface area contributed by atoms with Crippen molar-refractivity contribution in [3.8, 4) is 5.75 Å². The summed E-state index contributed by atoms with van der Waals surface area (Å²) in [5.74, 6) is 0.655. The number of benzene rings is 1. The number of aromatic nitrogens is 2. The van der Waals surface area contributed by atoms with Crippen LogP contribution in [-0.2, 0) is 6.42 Å². The van der Waals surface area contributed by atoms with E-state index in [2.05, 4.69) is 9.97 Å². The average Bonchev–Trinajstić information content (AvgIpc) is 2.27. The highest BCUT2D eigenvalue weighted by atomic mass is 16.5. The molecule has 18 heavy (non-hydrogen) atoms. The first-order valence-electron chi connectivity index (χ1n) is 5.44. The van der Waals surface area contributed by atoms with Crippen molar-refractivity contribution in [1.82, 2.24) is 9.97 Å². The smallest absolute Gasteiger partial charge is 0.325 e. The first-order chi connectivity index (χ1) is 8.63. The lowest BCUT2D eigenvalue weighted by atomic mass is 10.3. The van der Waals surface area contributed by atoms with Crippen LogP contribution < -0.4 is 21.7 Å². The van der Waals surface area contributed by atoms with Gasteiger partial charge in [-0.1, -0.05) is 6.07 Å². The number of rotatable bonds is 4. The van der Waals surface area contributed by atoms with Crippen LogP contribution in [0.1, 0.15) is 5.69 Å². The largest absolute Gasteiger partial charge is 0.493 e. The molecular weight excluding hydrogens is 234 g/mol. The highest BCUT2D eigenvalue weighted by molar-refractivity contribution is 5.43. The maximum Gasteiger partial charge on any atom is 0.325 e. The van der Waals surface area contributed by atoms with E-state index >= 15 is 0 Å². The van der Waals surface area contributed by atoms with E-state index < -0.39 is 11.2 Å². The quantitative estimate of drug-likeness (QED) is 0.675. The monoisotopic (exact) mass is 247 g/mol. The van der Waals surface area contributed by atoms with Gasteiger partial charge in [0, 0.05) is 29.9 Å². The Hall–Kier alpha value is -2.50. The molecule has 0 saturated heterocycles. The van der Waals surface area contributed by atoms with Gasteiger partial charge in [0.2, 0.25) is 0 Å². The number of aromatic amines is 2. The standard InChI is InChI=1S/C12H13N3O3/c13-8-2-1-3-10(6-8)18-5-4-9-7-11(16)15-12(17)14-9/h1-3,6-7H,4-5,13H2,(H2,14,15,16,17). The zero-order chi connectivity index (χ0) is 13.0. The third kappa shape index (κ3) is 3.24. The lowest BCUT2D eigenvalue weighted by molar-refractivity contribution is 0.320. The summed E-state index contributed by atoms with van der Waals surface area (Å²) in [5, 5.41) is 0. The molecule has 0 aliphatic carbocycles. The van der Waals surface area contributed by atoms with Gasteiger partial charge in [-0.05, 0) is 12.1 Å². The molecule has 4 N–H and O–H groups in total. The average molecular weight is 247 g/mol. The van der Waals surface area contributed by atoms with Crippen LogP contribution in [0.25, 0.3) is 0 Å². The minimum Gasteiger partial charge on any atom is -0.493 e. The summed E-state index contributed by atoms with van der Waals surface area (Å²) in [4.78, 5) is 26.7. The van der Waals surface area contributed by atoms with E-state index in [1.807, 2.05) is 0 Å². The fourth-order valence-corrected chi connectivity index (χ4v) is 1.54. The van der Waals surface area contributed by atoms with Crippen LogP contribution in [0.2, 0.25) is 0 Å². The summed E-state index contributed by atoms with van der Waals surface area (Å²) in [6.45, 7) is 0.350. The molecule has 0 unspecified atom stereocenters. The van der Waals surface area contributed by atoms with Gasteiger partial charge in [-0.2, -0.15) is 0 Å². The van der Waals surface area contributed by atoms with E-state index in [-0.39, 0.29) is 0 Å². The molecule has 0 aliphatic rings. The van der Waals surface area contributed by atoms with Crippen LogP contribution >= 0.6 is 0 Å². The van der Waals surface area contributed by atoms with Crippen molar-refractivity contribution in [2.75, 3.05) is 12.3 Å². The molecule has 6 heteroatoms. The molecule has 1 aromatic carbocycles. The predicted molar refractivity (Wildman–Crippen MR) is 67.7 cm³/mol. The Balaban J connectivity index is 1.96. The first kappa shape index (κ1) is 12.0. The van der Waals surface area contributed by atoms with Crippen molar-refractivity contribution in [2.24, 2.45) is 0 Å². The molecule has 0 fully saturated rings. The van der Waals surface area contributed by atoms with Gasteiger partial charge in [0.25, 0.3) is 5.56 Å². The van der Waals surface area contributed by atoms with Crippen LogP contribution in [0.5, 0.6) is 5.75 Å². The van der Waals surface area contributed by atoms with Crippen LogP contribution in [-0.4, -0.2) is 16.6 Å². The second kappa shape index (κ2) is 5.22. The van der Waals surface area contributed by atoms with E-state index in [9.17, 15) is 9.59 Å². The second-order valence-corrected chi connectivity index (χ2v) is 3.78. The topological polar surface area (TPSA) is 101 Å². The summed E-state index contributed by atoms with van der Waals surface area (Å²) in [6, 6.07) is 8.39. The molecule has 0 amide bonds. The summed E-state index contributed by atoms with van der Waals surface area (Å²) in [6.07, 6.45) is 0.438. The summed E-state index contributed by atoms with van der Waals surface area (Å²) in [5.41, 5.74) is 5.83. The molecule has 2 aromatic rings. The highest BCUT2D eigenvalue weighted by Crippen LogP contribution is 2.14. The van der Waals surface area contributed by atoms with Crippen molar-refractivity contribution < 1.29 is 4.74 Å². The van der Waals surface area contributed by atoms with Gasteiger partial charge < -0.3 is 15.5 Å². The van der Waals surface area contributed by atoms with E-state index in [0.717, 1.165) is 0 Å². The Morgan fingerprint density at radius 3 is 2.72 bits per heavy atom. The van der Waals surface area contributed by atoms with Gasteiger partial charge in [0.15, 0.2) is 0 Å². The number of hydrogen-bond acceptors (Lipinski definition) is 4. The van der Waals surface area contributed by atoms with Gasteiger partial charge in [0.1, 0.15) is 5.75 Å². The van der Waals surface area contributed by atoms with Crippen LogP contribution in [0, 0.1) is 0 Å². The number of ether oxygens (including phenoxy) is 1. The van der Waals surface area contributed by atoms with E-state index in [1.165, 1.54) is 6.07 Å². The Morgan fingerprint density at radius 2 is 2.00 bits per heavy atom. The zero-order valence-electron chi connectivity index (χ0n) is 9.60. The maximum atomic E-state index is 11.1. The Bertz CT molecular complexity index is 617. The number of nitrogens with one attached hydrogen (secondary N) is 2. The number of hydrogen-bond donors (Lipinski definition) is 3. The van der Waals surface area contributed by atoms with Gasteiger partial charge in [-0.25, -0.2) is 4.79 Å². The number of H-pyrrole nitrogens is 2. The van der Waals surface area contributed by atoms with Gasteiger partial charge >= 0.3 is 5.69 Å². The minimum atomic E-state index is -0.513. The Labute approximate surface area is 102 Å². The molecule has 0 atom stereocenters. The summed E-state index contributed by atoms with van der Waals surface area (Å²) < 4.78 is 5.46. The van der Waals surface area contributed by atoms with Gasteiger partial charge in [-0.3, -0.25) is 9.78 Å². The number of anilines is 1. The molecule has 0 bridgehead atoms. The fraction of sp³-hybridized carbons (Fsp3) is 0.167. The first-order valence-corrected chi connectivity index (χ1v) is 5.44. The lowest BCUT2D eigenvalue weighted by Crippen LogP contribution is -2.23. The minimum absolute atomic E-state index is 0.350. The molecule has 1 heterocycles. The molecule has 6 nitrogen and oxygen atoms in total. The second-order valence-electron chi connectivity index (χ2n) is 3.78. The SMILES string of the molecule is Nc1cccc(OCCc2cc(=O)[nH]c(=O)[nH]2)c1. The van der Waals surface area contributed by atoms with E-state index in [4.69, 9.17) is 10.5 Å². The molecule has 94 valence electrons. The van der Waals surface area contributed by atoms with Crippen molar-refractivity contribution in [2.45, 2.75) is 6.42 Å². The van der Waals surface area contributed by atoms with Crippen molar-refractivity contribution in [1.29, 1.82) is 0 Å². The molecule has 1 aromatic heterocycles. The molecule has 2 rings (SSSR count). The van der Waals surface area contributed by atoms with Crippen LogP contribution in [0.15, 0.2) is 39.9 Å². The van der Waals surface area contributed by atoms with E-state index in [0.29, 0.717) is 30.2 Å². The molecule has 0 radical (unpaired) electrons. The maximum absolute atomic E-state index is 11.1. The van der Waals surface area contributed by atoms with Crippen molar-refractivity contribution in [3.05, 3.63) is 56.9 Å². The Kier molecular flexibility index (Phi) is 3.47. The normalized spacial score (nSPS) is 10.2. The summed E-state index contributed by atoms with van der Waals surface area (Å²) >= 11 is 0. The highest BCUT2D eigenvalue weighted by Gasteiger charge is 1.98. The predicted octanol–water partition coefficient (Wildman–Crippen LogP) is 0.267. The van der Waals surface area contributed by atoms with Crippen molar-refractivity contribution in [3.63, 3.8) is 0 Å². The lowest BCUT2D eigenvalue weighted by Gasteiger charge is -2.06. The van der Waals surface area contributed by atoms with Gasteiger partial charge in [0.05, 0.1) is 6.61 Å². The Morgan fingerprint density at radius 1 is 1.17 bits per heavy atom. The van der Waals surface area contributed by atoms with Crippen LogP contribution in [0.3, 0.4) is 0 Å². The molecule has 0 spiro atoms. The van der Waals surface area contributed by atoms with Gasteiger partial charge in [-0.15, -0.1) is 0 Å². The zero-order valence-corrected chi connectivity index (χ0v) is 9.60. The summed E-state index contributed by atoms with van der Waals surface area (Å²) in [7, 11) is 0. The molecule has 0 aliphatic heterocycles. The molecule has 0 saturated carbocycles. The number of nitrogen functional groups attached to an aromatic ring is 1.